The van der Waals surface area contributed by atoms with Gasteiger partial charge in [-0.15, -0.1) is 0 Å². The number of furan rings is 1. The lowest BCUT2D eigenvalue weighted by Crippen LogP contribution is -2.36. The van der Waals surface area contributed by atoms with Crippen LogP contribution in [0.2, 0.25) is 0 Å². The summed E-state index contributed by atoms with van der Waals surface area (Å²) in [4.78, 5) is 14.7. The summed E-state index contributed by atoms with van der Waals surface area (Å²) in [7, 11) is 0. The molecular formula is C20H21N3O3. The van der Waals surface area contributed by atoms with Crippen LogP contribution < -0.4 is 4.74 Å². The fourth-order valence-corrected chi connectivity index (χ4v) is 3.33. The second-order valence-corrected chi connectivity index (χ2v) is 6.53. The number of hydrogen-bond acceptors (Lipinski definition) is 4. The van der Waals surface area contributed by atoms with Gasteiger partial charge in [-0.1, -0.05) is 18.2 Å². The molecule has 0 saturated carbocycles. The molecule has 1 aliphatic rings. The third-order valence-corrected chi connectivity index (χ3v) is 4.70. The molecule has 4 rings (SSSR count). The smallest absolute Gasteiger partial charge is 0.257 e. The van der Waals surface area contributed by atoms with E-state index < -0.39 is 0 Å². The van der Waals surface area contributed by atoms with Gasteiger partial charge < -0.3 is 14.1 Å². The summed E-state index contributed by atoms with van der Waals surface area (Å²) >= 11 is 0. The molecule has 0 atom stereocenters. The van der Waals surface area contributed by atoms with Crippen molar-refractivity contribution in [2.24, 2.45) is 0 Å². The minimum Gasteiger partial charge on any atom is -0.487 e. The normalized spacial score (nSPS) is 13.5. The van der Waals surface area contributed by atoms with Crippen LogP contribution in [0.1, 0.15) is 38.8 Å². The molecule has 0 bridgehead atoms. The Balaban J connectivity index is 1.50. The van der Waals surface area contributed by atoms with E-state index in [-0.39, 0.29) is 5.91 Å². The topological polar surface area (TPSA) is 71.4 Å². The van der Waals surface area contributed by atoms with E-state index in [1.165, 1.54) is 0 Å². The first-order chi connectivity index (χ1) is 12.6. The van der Waals surface area contributed by atoms with Crippen molar-refractivity contribution in [2.45, 2.75) is 33.4 Å². The van der Waals surface area contributed by atoms with E-state index in [0.29, 0.717) is 31.0 Å². The molecule has 6 heteroatoms. The predicted molar refractivity (Wildman–Crippen MR) is 96.0 cm³/mol. The van der Waals surface area contributed by atoms with Gasteiger partial charge in [-0.3, -0.25) is 9.89 Å². The average Bonchev–Trinajstić information content (AvgIpc) is 3.22. The highest BCUT2D eigenvalue weighted by atomic mass is 16.5. The Morgan fingerprint density at radius 1 is 1.31 bits per heavy atom. The maximum absolute atomic E-state index is 12.9. The van der Waals surface area contributed by atoms with Crippen LogP contribution in [0.5, 0.6) is 5.75 Å². The van der Waals surface area contributed by atoms with Crippen LogP contribution in [-0.2, 0) is 19.6 Å². The molecule has 134 valence electrons. The van der Waals surface area contributed by atoms with E-state index >= 15 is 0 Å². The fourth-order valence-electron chi connectivity index (χ4n) is 3.33. The summed E-state index contributed by atoms with van der Waals surface area (Å²) in [5.74, 6) is 2.22. The number of nitrogens with zero attached hydrogens (tertiary/aromatic N) is 2. The van der Waals surface area contributed by atoms with Gasteiger partial charge >= 0.3 is 0 Å². The number of carbonyl (C=O) groups is 1. The van der Waals surface area contributed by atoms with Crippen molar-refractivity contribution in [1.29, 1.82) is 0 Å². The van der Waals surface area contributed by atoms with Crippen LogP contribution in [0.4, 0.5) is 0 Å². The lowest BCUT2D eigenvalue weighted by atomic mass is 10.0. The number of amides is 1. The monoisotopic (exact) mass is 351 g/mol. The summed E-state index contributed by atoms with van der Waals surface area (Å²) in [5.41, 5.74) is 3.62. The number of benzene rings is 1. The van der Waals surface area contributed by atoms with Crippen molar-refractivity contribution in [3.05, 3.63) is 70.4 Å². The van der Waals surface area contributed by atoms with E-state index in [4.69, 9.17) is 9.15 Å². The van der Waals surface area contributed by atoms with Gasteiger partial charge in [0.25, 0.3) is 5.91 Å². The van der Waals surface area contributed by atoms with Crippen molar-refractivity contribution in [3.63, 3.8) is 0 Å². The van der Waals surface area contributed by atoms with Crippen molar-refractivity contribution >= 4 is 5.91 Å². The summed E-state index contributed by atoms with van der Waals surface area (Å²) in [6.45, 7) is 5.25. The molecule has 2 aromatic heterocycles. The molecule has 3 heterocycles. The summed E-state index contributed by atoms with van der Waals surface area (Å²) in [5, 5.41) is 7.49. The Morgan fingerprint density at radius 3 is 2.85 bits per heavy atom. The standard InChI is InChI=1S/C20H21N3O3/c1-13-10-16(14(2)26-13)20(24)23-9-8-18-17(11-23)19(22-21-18)12-25-15-6-4-3-5-7-15/h3-7,10H,8-9,11-12H2,1-2H3,(H,21,22). The Bertz CT molecular complexity index is 927. The molecule has 0 radical (unpaired) electrons. The van der Waals surface area contributed by atoms with Crippen LogP contribution in [0.3, 0.4) is 0 Å². The zero-order chi connectivity index (χ0) is 18.1. The van der Waals surface area contributed by atoms with Gasteiger partial charge in [0.2, 0.25) is 0 Å². The second-order valence-electron chi connectivity index (χ2n) is 6.53. The van der Waals surface area contributed by atoms with Gasteiger partial charge in [0.1, 0.15) is 29.6 Å². The molecule has 1 amide bonds. The zero-order valence-electron chi connectivity index (χ0n) is 14.9. The molecule has 1 N–H and O–H groups in total. The van der Waals surface area contributed by atoms with Gasteiger partial charge in [-0.2, -0.15) is 5.10 Å². The van der Waals surface area contributed by atoms with Crippen molar-refractivity contribution in [3.8, 4) is 5.75 Å². The number of aryl methyl sites for hydroxylation is 2. The number of H-pyrrole nitrogens is 1. The van der Waals surface area contributed by atoms with Gasteiger partial charge in [0, 0.05) is 30.8 Å². The number of fused-ring (bicyclic) bond motifs is 1. The summed E-state index contributed by atoms with van der Waals surface area (Å²) in [6.07, 6.45) is 0.759. The number of carbonyl (C=O) groups excluding carboxylic acids is 1. The molecule has 3 aromatic rings. The Labute approximate surface area is 151 Å². The molecule has 0 unspecified atom stereocenters. The van der Waals surface area contributed by atoms with Crippen molar-refractivity contribution in [1.82, 2.24) is 15.1 Å². The molecular weight excluding hydrogens is 330 g/mol. The largest absolute Gasteiger partial charge is 0.487 e. The number of nitrogens with one attached hydrogen (secondary N) is 1. The van der Waals surface area contributed by atoms with E-state index in [2.05, 4.69) is 10.2 Å². The minimum atomic E-state index is 0.00104. The predicted octanol–water partition coefficient (Wildman–Crippen LogP) is 3.40. The fraction of sp³-hybridized carbons (Fsp3) is 0.300. The Hall–Kier alpha value is -3.02. The Morgan fingerprint density at radius 2 is 2.12 bits per heavy atom. The first kappa shape index (κ1) is 16.4. The van der Waals surface area contributed by atoms with Gasteiger partial charge in [-0.05, 0) is 32.0 Å². The van der Waals surface area contributed by atoms with Crippen molar-refractivity contribution in [2.75, 3.05) is 6.54 Å². The first-order valence-corrected chi connectivity index (χ1v) is 8.71. The van der Waals surface area contributed by atoms with Gasteiger partial charge in [0.15, 0.2) is 0 Å². The van der Waals surface area contributed by atoms with E-state index in [0.717, 1.165) is 34.9 Å². The molecule has 0 saturated heterocycles. The highest BCUT2D eigenvalue weighted by Crippen LogP contribution is 2.24. The summed E-state index contributed by atoms with van der Waals surface area (Å²) < 4.78 is 11.3. The van der Waals surface area contributed by atoms with Crippen LogP contribution in [0.15, 0.2) is 40.8 Å². The van der Waals surface area contributed by atoms with E-state index in [9.17, 15) is 4.79 Å². The molecule has 1 aromatic carbocycles. The first-order valence-electron chi connectivity index (χ1n) is 8.71. The van der Waals surface area contributed by atoms with Gasteiger partial charge in [0.05, 0.1) is 5.56 Å². The number of aromatic amines is 1. The molecule has 1 aliphatic heterocycles. The molecule has 0 fully saturated rings. The van der Waals surface area contributed by atoms with Crippen LogP contribution in [0.25, 0.3) is 0 Å². The lowest BCUT2D eigenvalue weighted by molar-refractivity contribution is 0.0731. The molecule has 6 nitrogen and oxygen atoms in total. The third-order valence-electron chi connectivity index (χ3n) is 4.70. The Kier molecular flexibility index (Phi) is 4.24. The summed E-state index contributed by atoms with van der Waals surface area (Å²) in [6, 6.07) is 11.5. The maximum Gasteiger partial charge on any atom is 0.257 e. The number of ether oxygens (including phenoxy) is 1. The quantitative estimate of drug-likeness (QED) is 0.782. The molecule has 0 aliphatic carbocycles. The third kappa shape index (κ3) is 3.10. The number of aromatic nitrogens is 2. The SMILES string of the molecule is Cc1cc(C(=O)N2CCc3[nH]nc(COc4ccccc4)c3C2)c(C)o1. The number of hydrogen-bond donors (Lipinski definition) is 1. The van der Waals surface area contributed by atoms with Crippen LogP contribution >= 0.6 is 0 Å². The highest BCUT2D eigenvalue weighted by Gasteiger charge is 2.27. The minimum absolute atomic E-state index is 0.00104. The average molecular weight is 351 g/mol. The van der Waals surface area contributed by atoms with Crippen LogP contribution in [-0.4, -0.2) is 27.5 Å². The number of para-hydroxylation sites is 1. The van der Waals surface area contributed by atoms with Crippen molar-refractivity contribution < 1.29 is 13.9 Å². The van der Waals surface area contributed by atoms with E-state index in [1.54, 1.807) is 0 Å². The number of rotatable bonds is 4. The van der Waals surface area contributed by atoms with Crippen LogP contribution in [0, 0.1) is 13.8 Å². The van der Waals surface area contributed by atoms with E-state index in [1.807, 2.05) is 55.1 Å². The van der Waals surface area contributed by atoms with Gasteiger partial charge in [-0.25, -0.2) is 0 Å². The molecule has 26 heavy (non-hydrogen) atoms. The lowest BCUT2D eigenvalue weighted by Gasteiger charge is -2.27. The highest BCUT2D eigenvalue weighted by molar-refractivity contribution is 5.95. The second kappa shape index (κ2) is 6.71. The zero-order valence-corrected chi connectivity index (χ0v) is 14.9. The maximum atomic E-state index is 12.9. The molecule has 0 spiro atoms.